The SMILES string of the molecule is CCCC(CNC)N1CCN(c2ccccc2OC)CC1. The first-order chi connectivity index (χ1) is 10.3. The molecule has 0 radical (unpaired) electrons. The van der Waals surface area contributed by atoms with Crippen molar-refractivity contribution in [3.63, 3.8) is 0 Å². The molecular weight excluding hydrogens is 262 g/mol. The van der Waals surface area contributed by atoms with Gasteiger partial charge in [-0.1, -0.05) is 25.5 Å². The van der Waals surface area contributed by atoms with Crippen molar-refractivity contribution in [1.82, 2.24) is 10.2 Å². The number of nitrogens with zero attached hydrogens (tertiary/aromatic N) is 2. The zero-order chi connectivity index (χ0) is 15.1. The van der Waals surface area contributed by atoms with E-state index >= 15 is 0 Å². The summed E-state index contributed by atoms with van der Waals surface area (Å²) in [5.41, 5.74) is 1.22. The standard InChI is InChI=1S/C17H29N3O/c1-4-7-15(14-18-2)19-10-12-20(13-11-19)16-8-5-6-9-17(16)21-3/h5-6,8-9,15,18H,4,7,10-14H2,1-3H3. The summed E-state index contributed by atoms with van der Waals surface area (Å²) < 4.78 is 5.48. The molecule has 0 aromatic heterocycles. The molecule has 118 valence electrons. The van der Waals surface area contributed by atoms with E-state index in [0.717, 1.165) is 38.5 Å². The molecule has 1 N–H and O–H groups in total. The highest BCUT2D eigenvalue weighted by Crippen LogP contribution is 2.28. The molecule has 4 heteroatoms. The monoisotopic (exact) mass is 291 g/mol. The minimum Gasteiger partial charge on any atom is -0.495 e. The summed E-state index contributed by atoms with van der Waals surface area (Å²) in [6, 6.07) is 8.99. The largest absolute Gasteiger partial charge is 0.495 e. The van der Waals surface area contributed by atoms with Crippen LogP contribution in [0.3, 0.4) is 0 Å². The normalized spacial score (nSPS) is 17.8. The molecule has 0 spiro atoms. The second-order valence-electron chi connectivity index (χ2n) is 5.70. The van der Waals surface area contributed by atoms with E-state index in [-0.39, 0.29) is 0 Å². The van der Waals surface area contributed by atoms with Crippen LogP contribution in [-0.4, -0.2) is 57.8 Å². The molecule has 1 aliphatic heterocycles. The number of benzene rings is 1. The number of methoxy groups -OCH3 is 1. The number of hydrogen-bond acceptors (Lipinski definition) is 4. The first kappa shape index (κ1) is 16.1. The van der Waals surface area contributed by atoms with Gasteiger partial charge in [0.2, 0.25) is 0 Å². The number of anilines is 1. The lowest BCUT2D eigenvalue weighted by molar-refractivity contribution is 0.173. The van der Waals surface area contributed by atoms with E-state index in [1.807, 2.05) is 19.2 Å². The predicted octanol–water partition coefficient (Wildman–Crippen LogP) is 2.21. The zero-order valence-electron chi connectivity index (χ0n) is 13.6. The number of rotatable bonds is 7. The van der Waals surface area contributed by atoms with Gasteiger partial charge in [0.1, 0.15) is 5.75 Å². The molecule has 0 saturated carbocycles. The third-order valence-corrected chi connectivity index (χ3v) is 4.32. The lowest BCUT2D eigenvalue weighted by Crippen LogP contribution is -2.52. The van der Waals surface area contributed by atoms with Crippen LogP contribution in [0.25, 0.3) is 0 Å². The molecule has 1 heterocycles. The number of nitrogens with one attached hydrogen (secondary N) is 1. The van der Waals surface area contributed by atoms with Crippen LogP contribution in [0.5, 0.6) is 5.75 Å². The summed E-state index contributed by atoms with van der Waals surface area (Å²) in [6.45, 7) is 7.76. The average Bonchev–Trinajstić information content (AvgIpc) is 2.55. The minimum atomic E-state index is 0.666. The Morgan fingerprint density at radius 3 is 2.52 bits per heavy atom. The van der Waals surface area contributed by atoms with E-state index in [9.17, 15) is 0 Å². The highest BCUT2D eigenvalue weighted by Gasteiger charge is 2.24. The average molecular weight is 291 g/mol. The van der Waals surface area contributed by atoms with Gasteiger partial charge in [-0.05, 0) is 25.6 Å². The van der Waals surface area contributed by atoms with E-state index in [2.05, 4.69) is 34.2 Å². The molecular formula is C17H29N3O. The Balaban J connectivity index is 1.96. The maximum absolute atomic E-state index is 5.48. The van der Waals surface area contributed by atoms with Crippen molar-refractivity contribution in [2.45, 2.75) is 25.8 Å². The molecule has 1 fully saturated rings. The second kappa shape index (κ2) is 8.25. The van der Waals surface area contributed by atoms with Crippen LogP contribution in [0.4, 0.5) is 5.69 Å². The highest BCUT2D eigenvalue weighted by molar-refractivity contribution is 5.58. The van der Waals surface area contributed by atoms with Crippen LogP contribution in [0.1, 0.15) is 19.8 Å². The maximum atomic E-state index is 5.48. The van der Waals surface area contributed by atoms with Crippen molar-refractivity contribution in [3.8, 4) is 5.75 Å². The Morgan fingerprint density at radius 1 is 1.19 bits per heavy atom. The summed E-state index contributed by atoms with van der Waals surface area (Å²) in [7, 11) is 3.80. The van der Waals surface area contributed by atoms with E-state index in [1.54, 1.807) is 7.11 Å². The van der Waals surface area contributed by atoms with E-state index in [4.69, 9.17) is 4.74 Å². The highest BCUT2D eigenvalue weighted by atomic mass is 16.5. The summed E-state index contributed by atoms with van der Waals surface area (Å²) >= 11 is 0. The third-order valence-electron chi connectivity index (χ3n) is 4.32. The van der Waals surface area contributed by atoms with Crippen LogP contribution >= 0.6 is 0 Å². The van der Waals surface area contributed by atoms with E-state index in [0.29, 0.717) is 6.04 Å². The van der Waals surface area contributed by atoms with Crippen LogP contribution in [0.15, 0.2) is 24.3 Å². The fourth-order valence-corrected chi connectivity index (χ4v) is 3.20. The summed E-state index contributed by atoms with van der Waals surface area (Å²) in [4.78, 5) is 5.07. The van der Waals surface area contributed by atoms with Gasteiger partial charge in [-0.3, -0.25) is 4.90 Å². The van der Waals surface area contributed by atoms with Gasteiger partial charge in [0.25, 0.3) is 0 Å². The molecule has 2 rings (SSSR count). The first-order valence-corrected chi connectivity index (χ1v) is 8.06. The van der Waals surface area contributed by atoms with Crippen molar-refractivity contribution in [1.29, 1.82) is 0 Å². The number of para-hydroxylation sites is 2. The molecule has 21 heavy (non-hydrogen) atoms. The molecule has 0 amide bonds. The van der Waals surface area contributed by atoms with Gasteiger partial charge in [0.15, 0.2) is 0 Å². The smallest absolute Gasteiger partial charge is 0.142 e. The van der Waals surface area contributed by atoms with Crippen molar-refractivity contribution in [2.75, 3.05) is 51.8 Å². The van der Waals surface area contributed by atoms with E-state index in [1.165, 1.54) is 18.5 Å². The number of likely N-dealkylation sites (N-methyl/N-ethyl adjacent to an activating group) is 1. The van der Waals surface area contributed by atoms with Crippen LogP contribution in [-0.2, 0) is 0 Å². The molecule has 1 atom stereocenters. The predicted molar refractivity (Wildman–Crippen MR) is 89.4 cm³/mol. The fourth-order valence-electron chi connectivity index (χ4n) is 3.20. The van der Waals surface area contributed by atoms with Crippen LogP contribution < -0.4 is 15.0 Å². The molecule has 4 nitrogen and oxygen atoms in total. The van der Waals surface area contributed by atoms with Gasteiger partial charge in [0.05, 0.1) is 12.8 Å². The summed E-state index contributed by atoms with van der Waals surface area (Å²) in [6.07, 6.45) is 2.52. The Hall–Kier alpha value is -1.26. The van der Waals surface area contributed by atoms with Gasteiger partial charge in [-0.2, -0.15) is 0 Å². The van der Waals surface area contributed by atoms with Gasteiger partial charge >= 0.3 is 0 Å². The molecule has 0 bridgehead atoms. The Kier molecular flexibility index (Phi) is 6.33. The number of hydrogen-bond donors (Lipinski definition) is 1. The van der Waals surface area contributed by atoms with Crippen molar-refractivity contribution in [3.05, 3.63) is 24.3 Å². The number of piperazine rings is 1. The molecule has 1 aromatic rings. The second-order valence-corrected chi connectivity index (χ2v) is 5.70. The maximum Gasteiger partial charge on any atom is 0.142 e. The lowest BCUT2D eigenvalue weighted by atomic mass is 10.1. The molecule has 1 aromatic carbocycles. The van der Waals surface area contributed by atoms with Crippen LogP contribution in [0, 0.1) is 0 Å². The van der Waals surface area contributed by atoms with Gasteiger partial charge in [-0.25, -0.2) is 0 Å². The summed E-state index contributed by atoms with van der Waals surface area (Å²) in [5, 5.41) is 3.34. The first-order valence-electron chi connectivity index (χ1n) is 8.06. The topological polar surface area (TPSA) is 27.7 Å². The molecule has 1 saturated heterocycles. The molecule has 0 aliphatic carbocycles. The summed E-state index contributed by atoms with van der Waals surface area (Å²) in [5.74, 6) is 0.978. The minimum absolute atomic E-state index is 0.666. The lowest BCUT2D eigenvalue weighted by Gasteiger charge is -2.40. The Labute approximate surface area is 129 Å². The van der Waals surface area contributed by atoms with Gasteiger partial charge < -0.3 is 15.0 Å². The van der Waals surface area contributed by atoms with Crippen LogP contribution in [0.2, 0.25) is 0 Å². The zero-order valence-corrected chi connectivity index (χ0v) is 13.6. The Morgan fingerprint density at radius 2 is 1.90 bits per heavy atom. The number of ether oxygens (including phenoxy) is 1. The Bertz CT molecular complexity index is 410. The van der Waals surface area contributed by atoms with Crippen molar-refractivity contribution >= 4 is 5.69 Å². The van der Waals surface area contributed by atoms with Gasteiger partial charge in [0, 0.05) is 38.8 Å². The van der Waals surface area contributed by atoms with E-state index < -0.39 is 0 Å². The third kappa shape index (κ3) is 4.11. The molecule has 1 aliphatic rings. The quantitative estimate of drug-likeness (QED) is 0.833. The van der Waals surface area contributed by atoms with Crippen molar-refractivity contribution in [2.24, 2.45) is 0 Å². The van der Waals surface area contributed by atoms with Crippen molar-refractivity contribution < 1.29 is 4.74 Å². The fraction of sp³-hybridized carbons (Fsp3) is 0.647. The molecule has 1 unspecified atom stereocenters. The van der Waals surface area contributed by atoms with Gasteiger partial charge in [-0.15, -0.1) is 0 Å².